The first-order chi connectivity index (χ1) is 12.8. The molecule has 1 N–H and O–H groups in total. The number of carbonyl (C=O) groups excluding carboxylic acids is 1. The van der Waals surface area contributed by atoms with Crippen LogP contribution >= 0.6 is 0 Å². The van der Waals surface area contributed by atoms with Crippen molar-refractivity contribution in [2.75, 3.05) is 0 Å². The van der Waals surface area contributed by atoms with Crippen molar-refractivity contribution in [2.45, 2.75) is 13.1 Å². The largest absolute Gasteiger partial charge is 0.419 e. The summed E-state index contributed by atoms with van der Waals surface area (Å²) in [5.41, 5.74) is 1.30. The van der Waals surface area contributed by atoms with Gasteiger partial charge in [0, 0.05) is 12.5 Å². The van der Waals surface area contributed by atoms with Crippen molar-refractivity contribution < 1.29 is 27.2 Å². The lowest BCUT2D eigenvalue weighted by atomic mass is 10.0. The van der Waals surface area contributed by atoms with Gasteiger partial charge >= 0.3 is 6.18 Å². The molecular formula is C16H11F4N5O2. The van der Waals surface area contributed by atoms with Gasteiger partial charge in [0.2, 0.25) is 5.91 Å². The molecule has 1 amide bonds. The fourth-order valence-electron chi connectivity index (χ4n) is 2.29. The van der Waals surface area contributed by atoms with E-state index in [9.17, 15) is 22.4 Å². The fraction of sp³-hybridized carbons (Fsp3) is 0.125. The van der Waals surface area contributed by atoms with Crippen LogP contribution in [0.5, 0.6) is 5.75 Å². The number of aromatic nitrogens is 4. The third-order valence-electron chi connectivity index (χ3n) is 3.46. The maximum Gasteiger partial charge on any atom is 0.419 e. The van der Waals surface area contributed by atoms with Gasteiger partial charge in [0.25, 0.3) is 0 Å². The highest BCUT2D eigenvalue weighted by atomic mass is 19.4. The summed E-state index contributed by atoms with van der Waals surface area (Å²) in [5.74, 6) is -1.85. The van der Waals surface area contributed by atoms with Gasteiger partial charge < -0.3 is 4.84 Å². The first kappa shape index (κ1) is 18.3. The molecule has 0 saturated carbocycles. The molecule has 0 saturated heterocycles. The van der Waals surface area contributed by atoms with E-state index in [0.29, 0.717) is 17.8 Å². The van der Waals surface area contributed by atoms with Crippen molar-refractivity contribution in [3.05, 3.63) is 54.1 Å². The summed E-state index contributed by atoms with van der Waals surface area (Å²) in [6, 6.07) is 6.94. The van der Waals surface area contributed by atoms with Crippen LogP contribution in [-0.2, 0) is 11.0 Å². The molecule has 0 atom stereocenters. The zero-order chi connectivity index (χ0) is 19.6. The van der Waals surface area contributed by atoms with E-state index in [2.05, 4.69) is 21.0 Å². The molecule has 0 bridgehead atoms. The second kappa shape index (κ2) is 7.02. The Balaban J connectivity index is 2.13. The standard InChI is InChI=1S/C16H11F4N5O2/c1-9(26)22-27-15-5-3-11(25-8-21-23-24-25)7-12(15)10-2-4-14(17)13(6-10)16(18,19)20/h2-8H,1H3,(H,22,26). The average Bonchev–Trinajstić information content (AvgIpc) is 3.14. The van der Waals surface area contributed by atoms with E-state index in [-0.39, 0.29) is 16.9 Å². The summed E-state index contributed by atoms with van der Waals surface area (Å²) < 4.78 is 54.0. The van der Waals surface area contributed by atoms with Crippen molar-refractivity contribution in [3.8, 4) is 22.6 Å². The zero-order valence-electron chi connectivity index (χ0n) is 13.7. The number of halogens is 4. The summed E-state index contributed by atoms with van der Waals surface area (Å²) in [6.45, 7) is 1.20. The van der Waals surface area contributed by atoms with Gasteiger partial charge in [-0.15, -0.1) is 5.10 Å². The van der Waals surface area contributed by atoms with E-state index in [1.54, 1.807) is 0 Å². The van der Waals surface area contributed by atoms with Gasteiger partial charge in [-0.2, -0.15) is 18.7 Å². The maximum absolute atomic E-state index is 13.6. The third-order valence-corrected chi connectivity index (χ3v) is 3.46. The van der Waals surface area contributed by atoms with Crippen molar-refractivity contribution in [3.63, 3.8) is 0 Å². The van der Waals surface area contributed by atoms with Gasteiger partial charge in [-0.25, -0.2) is 9.07 Å². The number of nitrogens with one attached hydrogen (secondary N) is 1. The minimum atomic E-state index is -4.87. The first-order valence-corrected chi connectivity index (χ1v) is 7.43. The highest BCUT2D eigenvalue weighted by Gasteiger charge is 2.34. The Labute approximate surface area is 149 Å². The molecule has 7 nitrogen and oxygen atoms in total. The normalized spacial score (nSPS) is 11.3. The molecule has 0 fully saturated rings. The number of hydrogen-bond donors (Lipinski definition) is 1. The molecule has 11 heteroatoms. The molecule has 0 aliphatic heterocycles. The van der Waals surface area contributed by atoms with Crippen LogP contribution < -0.4 is 10.3 Å². The molecule has 0 aliphatic rings. The number of nitrogens with zero attached hydrogens (tertiary/aromatic N) is 4. The first-order valence-electron chi connectivity index (χ1n) is 7.43. The predicted molar refractivity (Wildman–Crippen MR) is 84.0 cm³/mol. The van der Waals surface area contributed by atoms with Crippen molar-refractivity contribution in [1.82, 2.24) is 25.7 Å². The Morgan fingerprint density at radius 2 is 1.96 bits per heavy atom. The van der Waals surface area contributed by atoms with Crippen molar-refractivity contribution >= 4 is 5.91 Å². The van der Waals surface area contributed by atoms with Crippen LogP contribution in [0.3, 0.4) is 0 Å². The van der Waals surface area contributed by atoms with Crippen LogP contribution in [0, 0.1) is 5.82 Å². The monoisotopic (exact) mass is 381 g/mol. The van der Waals surface area contributed by atoms with Gasteiger partial charge in [0.05, 0.1) is 11.3 Å². The molecular weight excluding hydrogens is 370 g/mol. The minimum absolute atomic E-state index is 0.0269. The summed E-state index contributed by atoms with van der Waals surface area (Å²) in [4.78, 5) is 16.2. The number of alkyl halides is 3. The van der Waals surface area contributed by atoms with E-state index >= 15 is 0 Å². The average molecular weight is 381 g/mol. The molecule has 1 heterocycles. The number of rotatable bonds is 4. The summed E-state index contributed by atoms with van der Waals surface area (Å²) in [7, 11) is 0. The van der Waals surface area contributed by atoms with Crippen LogP contribution in [0.25, 0.3) is 16.8 Å². The number of carbonyl (C=O) groups is 1. The van der Waals surface area contributed by atoms with E-state index < -0.39 is 23.5 Å². The number of amides is 1. The van der Waals surface area contributed by atoms with Gasteiger partial charge in [-0.1, -0.05) is 6.07 Å². The van der Waals surface area contributed by atoms with Crippen LogP contribution in [0.1, 0.15) is 12.5 Å². The Morgan fingerprint density at radius 1 is 1.19 bits per heavy atom. The Bertz CT molecular complexity index is 973. The number of hydroxylamine groups is 1. The second-order valence-electron chi connectivity index (χ2n) is 5.39. The molecule has 1 aromatic heterocycles. The third kappa shape index (κ3) is 4.02. The van der Waals surface area contributed by atoms with Crippen LogP contribution in [0.15, 0.2) is 42.7 Å². The van der Waals surface area contributed by atoms with Gasteiger partial charge in [0.1, 0.15) is 12.1 Å². The molecule has 0 unspecified atom stereocenters. The molecule has 3 aromatic rings. The molecule has 0 spiro atoms. The van der Waals surface area contributed by atoms with E-state index in [1.807, 2.05) is 0 Å². The fourth-order valence-corrected chi connectivity index (χ4v) is 2.29. The van der Waals surface area contributed by atoms with Crippen molar-refractivity contribution in [1.29, 1.82) is 0 Å². The van der Waals surface area contributed by atoms with Gasteiger partial charge in [0.15, 0.2) is 5.75 Å². The number of tetrazole rings is 1. The summed E-state index contributed by atoms with van der Waals surface area (Å²) in [5, 5.41) is 10.7. The highest BCUT2D eigenvalue weighted by molar-refractivity contribution is 5.75. The molecule has 140 valence electrons. The number of benzene rings is 2. The Hall–Kier alpha value is -3.50. The minimum Gasteiger partial charge on any atom is -0.379 e. The second-order valence-corrected chi connectivity index (χ2v) is 5.39. The lowest BCUT2D eigenvalue weighted by molar-refractivity contribution is -0.140. The summed E-state index contributed by atoms with van der Waals surface area (Å²) >= 11 is 0. The van der Waals surface area contributed by atoms with Crippen LogP contribution in [0.2, 0.25) is 0 Å². The molecule has 2 aromatic carbocycles. The van der Waals surface area contributed by atoms with Crippen LogP contribution in [-0.4, -0.2) is 26.1 Å². The Morgan fingerprint density at radius 3 is 2.59 bits per heavy atom. The topological polar surface area (TPSA) is 81.9 Å². The predicted octanol–water partition coefficient (Wildman–Crippen LogP) is 2.92. The van der Waals surface area contributed by atoms with Crippen LogP contribution in [0.4, 0.5) is 17.6 Å². The van der Waals surface area contributed by atoms with E-state index in [4.69, 9.17) is 4.84 Å². The lowest BCUT2D eigenvalue weighted by Crippen LogP contribution is -2.24. The number of hydrogen-bond acceptors (Lipinski definition) is 5. The maximum atomic E-state index is 13.6. The smallest absolute Gasteiger partial charge is 0.379 e. The SMILES string of the molecule is CC(=O)NOc1ccc(-n2cnnn2)cc1-c1ccc(F)c(C(F)(F)F)c1. The molecule has 27 heavy (non-hydrogen) atoms. The van der Waals surface area contributed by atoms with Gasteiger partial charge in [-0.05, 0) is 46.3 Å². The zero-order valence-corrected chi connectivity index (χ0v) is 13.7. The van der Waals surface area contributed by atoms with Gasteiger partial charge in [-0.3, -0.25) is 4.79 Å². The summed E-state index contributed by atoms with van der Waals surface area (Å²) in [6.07, 6.45) is -3.58. The van der Waals surface area contributed by atoms with E-state index in [0.717, 1.165) is 0 Å². The lowest BCUT2D eigenvalue weighted by Gasteiger charge is -2.14. The molecule has 3 rings (SSSR count). The highest BCUT2D eigenvalue weighted by Crippen LogP contribution is 2.37. The quantitative estimate of drug-likeness (QED) is 0.555. The molecule has 0 aliphatic carbocycles. The van der Waals surface area contributed by atoms with Crippen molar-refractivity contribution in [2.24, 2.45) is 0 Å². The van der Waals surface area contributed by atoms with E-state index in [1.165, 1.54) is 42.2 Å². The Kier molecular flexibility index (Phi) is 4.75. The molecule has 0 radical (unpaired) electrons.